The smallest absolute Gasteiger partial charge is 0.0480 e. The van der Waals surface area contributed by atoms with Gasteiger partial charge in [-0.2, -0.15) is 0 Å². The Labute approximate surface area is 69.4 Å². The van der Waals surface area contributed by atoms with Gasteiger partial charge < -0.3 is 10.5 Å². The molecule has 1 atom stereocenters. The van der Waals surface area contributed by atoms with Crippen molar-refractivity contribution in [3.8, 4) is 0 Å². The van der Waals surface area contributed by atoms with Gasteiger partial charge >= 0.3 is 0 Å². The molecule has 0 aliphatic carbocycles. The maximum absolute atomic E-state index is 5.77. The molecule has 0 fully saturated rings. The van der Waals surface area contributed by atoms with E-state index in [1.807, 2.05) is 13.0 Å². The second-order valence-electron chi connectivity index (χ2n) is 2.61. The number of ether oxygens (including phenoxy) is 1. The van der Waals surface area contributed by atoms with E-state index < -0.39 is 0 Å². The lowest BCUT2D eigenvalue weighted by molar-refractivity contribution is 0.139. The Morgan fingerprint density at radius 1 is 1.55 bits per heavy atom. The van der Waals surface area contributed by atoms with Crippen molar-refractivity contribution in [2.45, 2.75) is 32.2 Å². The van der Waals surface area contributed by atoms with Gasteiger partial charge in [-0.3, -0.25) is 0 Å². The molecule has 0 aliphatic rings. The first-order chi connectivity index (χ1) is 5.31. The molecule has 0 heterocycles. The zero-order chi connectivity index (χ0) is 8.53. The Bertz CT molecular complexity index is 93.6. The van der Waals surface area contributed by atoms with Crippen LogP contribution in [0.25, 0.3) is 0 Å². The molecule has 2 heteroatoms. The number of hydrogen-bond acceptors (Lipinski definition) is 2. The van der Waals surface area contributed by atoms with Crippen LogP contribution in [0, 0.1) is 0 Å². The Hall–Kier alpha value is -0.340. The van der Waals surface area contributed by atoms with E-state index in [0.29, 0.717) is 0 Å². The topological polar surface area (TPSA) is 35.2 Å². The van der Waals surface area contributed by atoms with Crippen molar-refractivity contribution in [1.29, 1.82) is 0 Å². The summed E-state index contributed by atoms with van der Waals surface area (Å²) in [7, 11) is 0. The molecule has 0 saturated heterocycles. The lowest BCUT2D eigenvalue weighted by atomic mass is 10.1. The van der Waals surface area contributed by atoms with Gasteiger partial charge in [0.05, 0.1) is 0 Å². The van der Waals surface area contributed by atoms with Crippen LogP contribution in [0.1, 0.15) is 26.2 Å². The lowest BCUT2D eigenvalue weighted by Crippen LogP contribution is -2.21. The predicted molar refractivity (Wildman–Crippen MR) is 48.5 cm³/mol. The third-order valence-electron chi connectivity index (χ3n) is 1.58. The molecule has 0 aromatic heterocycles. The highest BCUT2D eigenvalue weighted by atomic mass is 16.5. The van der Waals surface area contributed by atoms with E-state index in [9.17, 15) is 0 Å². The van der Waals surface area contributed by atoms with E-state index in [1.165, 1.54) is 0 Å². The van der Waals surface area contributed by atoms with Crippen LogP contribution in [0.15, 0.2) is 12.7 Å². The van der Waals surface area contributed by atoms with Crippen molar-refractivity contribution in [1.82, 2.24) is 0 Å². The third-order valence-corrected chi connectivity index (χ3v) is 1.58. The van der Waals surface area contributed by atoms with Gasteiger partial charge in [0.1, 0.15) is 0 Å². The van der Waals surface area contributed by atoms with E-state index >= 15 is 0 Å². The molecule has 11 heavy (non-hydrogen) atoms. The standard InChI is InChI=1S/C9H19NO/c1-3-5-6-9(10)7-8-11-4-2/h3,9H,1,4-8,10H2,2H3. The van der Waals surface area contributed by atoms with E-state index in [2.05, 4.69) is 6.58 Å². The Morgan fingerprint density at radius 3 is 2.82 bits per heavy atom. The number of rotatable bonds is 7. The second-order valence-corrected chi connectivity index (χ2v) is 2.61. The fourth-order valence-corrected chi connectivity index (χ4v) is 0.855. The number of nitrogens with two attached hydrogens (primary N) is 1. The Kier molecular flexibility index (Phi) is 7.52. The average Bonchev–Trinajstić information content (AvgIpc) is 2.01. The highest BCUT2D eigenvalue weighted by molar-refractivity contribution is 4.71. The van der Waals surface area contributed by atoms with Gasteiger partial charge in [0.2, 0.25) is 0 Å². The molecular formula is C9H19NO. The van der Waals surface area contributed by atoms with Crippen molar-refractivity contribution >= 4 is 0 Å². The summed E-state index contributed by atoms with van der Waals surface area (Å²) in [6.45, 7) is 7.21. The summed E-state index contributed by atoms with van der Waals surface area (Å²) < 4.78 is 5.18. The van der Waals surface area contributed by atoms with Crippen LogP contribution in [-0.2, 0) is 4.74 Å². The summed E-state index contributed by atoms with van der Waals surface area (Å²) in [6.07, 6.45) is 4.89. The van der Waals surface area contributed by atoms with Crippen LogP contribution in [0.4, 0.5) is 0 Å². The molecule has 0 rings (SSSR count). The van der Waals surface area contributed by atoms with Crippen molar-refractivity contribution < 1.29 is 4.74 Å². The largest absolute Gasteiger partial charge is 0.382 e. The monoisotopic (exact) mass is 157 g/mol. The maximum atomic E-state index is 5.77. The molecule has 0 aromatic rings. The predicted octanol–water partition coefficient (Wildman–Crippen LogP) is 1.71. The van der Waals surface area contributed by atoms with Crippen molar-refractivity contribution in [2.24, 2.45) is 5.73 Å². The minimum absolute atomic E-state index is 0.277. The molecule has 66 valence electrons. The van der Waals surface area contributed by atoms with Crippen LogP contribution in [0.5, 0.6) is 0 Å². The molecule has 1 unspecified atom stereocenters. The molecule has 0 aliphatic heterocycles. The van der Waals surface area contributed by atoms with Gasteiger partial charge in [-0.15, -0.1) is 6.58 Å². The van der Waals surface area contributed by atoms with Crippen LogP contribution in [0.3, 0.4) is 0 Å². The molecular weight excluding hydrogens is 138 g/mol. The first-order valence-corrected chi connectivity index (χ1v) is 4.25. The minimum atomic E-state index is 0.277. The van der Waals surface area contributed by atoms with Gasteiger partial charge in [-0.1, -0.05) is 6.08 Å². The molecule has 0 spiro atoms. The highest BCUT2D eigenvalue weighted by Gasteiger charge is 1.99. The zero-order valence-corrected chi connectivity index (χ0v) is 7.38. The summed E-state index contributed by atoms with van der Waals surface area (Å²) in [5.41, 5.74) is 5.77. The number of hydrogen-bond donors (Lipinski definition) is 1. The summed E-state index contributed by atoms with van der Waals surface area (Å²) in [4.78, 5) is 0. The molecule has 0 amide bonds. The highest BCUT2D eigenvalue weighted by Crippen LogP contribution is 1.99. The summed E-state index contributed by atoms with van der Waals surface area (Å²) in [6, 6.07) is 0.277. The fraction of sp³-hybridized carbons (Fsp3) is 0.778. The van der Waals surface area contributed by atoms with Crippen LogP contribution < -0.4 is 5.73 Å². The van der Waals surface area contributed by atoms with Crippen molar-refractivity contribution in [3.63, 3.8) is 0 Å². The molecule has 0 radical (unpaired) electrons. The lowest BCUT2D eigenvalue weighted by Gasteiger charge is -2.09. The Morgan fingerprint density at radius 2 is 2.27 bits per heavy atom. The van der Waals surface area contributed by atoms with Crippen LogP contribution >= 0.6 is 0 Å². The zero-order valence-electron chi connectivity index (χ0n) is 7.38. The first kappa shape index (κ1) is 10.7. The van der Waals surface area contributed by atoms with Crippen LogP contribution in [-0.4, -0.2) is 19.3 Å². The average molecular weight is 157 g/mol. The first-order valence-electron chi connectivity index (χ1n) is 4.25. The molecule has 0 bridgehead atoms. The van der Waals surface area contributed by atoms with E-state index in [0.717, 1.165) is 32.5 Å². The third kappa shape index (κ3) is 7.56. The second kappa shape index (κ2) is 7.76. The summed E-state index contributed by atoms with van der Waals surface area (Å²) >= 11 is 0. The van der Waals surface area contributed by atoms with Crippen molar-refractivity contribution in [2.75, 3.05) is 13.2 Å². The molecule has 2 nitrogen and oxygen atoms in total. The van der Waals surface area contributed by atoms with Gasteiger partial charge in [-0.05, 0) is 26.2 Å². The molecule has 0 saturated carbocycles. The molecule has 0 aromatic carbocycles. The minimum Gasteiger partial charge on any atom is -0.382 e. The SMILES string of the molecule is C=CCCC(N)CCOCC. The van der Waals surface area contributed by atoms with E-state index in [4.69, 9.17) is 10.5 Å². The van der Waals surface area contributed by atoms with Crippen molar-refractivity contribution in [3.05, 3.63) is 12.7 Å². The maximum Gasteiger partial charge on any atom is 0.0480 e. The van der Waals surface area contributed by atoms with Gasteiger partial charge in [0, 0.05) is 19.3 Å². The van der Waals surface area contributed by atoms with Gasteiger partial charge in [-0.25, -0.2) is 0 Å². The summed E-state index contributed by atoms with van der Waals surface area (Å²) in [5, 5.41) is 0. The normalized spacial score (nSPS) is 12.9. The molecule has 2 N–H and O–H groups in total. The van der Waals surface area contributed by atoms with Crippen LogP contribution in [0.2, 0.25) is 0 Å². The number of allylic oxidation sites excluding steroid dienone is 1. The quantitative estimate of drug-likeness (QED) is 0.451. The summed E-state index contributed by atoms with van der Waals surface area (Å²) in [5.74, 6) is 0. The van der Waals surface area contributed by atoms with E-state index in [-0.39, 0.29) is 6.04 Å². The Balaban J connectivity index is 3.08. The van der Waals surface area contributed by atoms with Gasteiger partial charge in [0.25, 0.3) is 0 Å². The van der Waals surface area contributed by atoms with Gasteiger partial charge in [0.15, 0.2) is 0 Å². The van der Waals surface area contributed by atoms with E-state index in [1.54, 1.807) is 0 Å². The fourth-order valence-electron chi connectivity index (χ4n) is 0.855.